The van der Waals surface area contributed by atoms with Crippen molar-refractivity contribution < 1.29 is 4.79 Å². The number of nitrogens with one attached hydrogen (secondary N) is 2. The van der Waals surface area contributed by atoms with Crippen molar-refractivity contribution in [2.75, 3.05) is 0 Å². The Bertz CT molecular complexity index is 1320. The normalized spacial score (nSPS) is 11.0. The number of hydrogen-bond donors (Lipinski definition) is 2. The number of H-pyrrole nitrogens is 1. The van der Waals surface area contributed by atoms with Crippen LogP contribution in [-0.4, -0.2) is 26.1 Å². The highest BCUT2D eigenvalue weighted by molar-refractivity contribution is 6.06. The summed E-state index contributed by atoms with van der Waals surface area (Å²) in [5, 5.41) is 13.1. The topological polar surface area (TPSA) is 83.6 Å². The molecule has 3 aromatic heterocycles. The summed E-state index contributed by atoms with van der Waals surface area (Å²) in [5.74, 6) is -0.228. The van der Waals surface area contributed by atoms with E-state index in [0.717, 1.165) is 38.4 Å². The molecule has 0 spiro atoms. The summed E-state index contributed by atoms with van der Waals surface area (Å²) in [6, 6.07) is 17.8. The standard InChI is InChI=1S/C23H17N5O/c29-23(26-12-15-4-3-9-24-11-15)22-19-10-16(7-8-21(19)27-28-22)20-14-25-13-17-5-1-2-6-18(17)20/h1-11,13-14H,12H2,(H,26,29)(H,27,28). The number of nitrogens with zero attached hydrogens (tertiary/aromatic N) is 3. The number of aromatic amines is 1. The molecule has 0 atom stereocenters. The summed E-state index contributed by atoms with van der Waals surface area (Å²) < 4.78 is 0. The number of hydrogen-bond acceptors (Lipinski definition) is 4. The summed E-state index contributed by atoms with van der Waals surface area (Å²) in [5.41, 5.74) is 4.13. The highest BCUT2D eigenvalue weighted by atomic mass is 16.1. The molecule has 3 heterocycles. The fourth-order valence-corrected chi connectivity index (χ4v) is 3.47. The van der Waals surface area contributed by atoms with Gasteiger partial charge in [-0.25, -0.2) is 0 Å². The maximum Gasteiger partial charge on any atom is 0.272 e. The second-order valence-electron chi connectivity index (χ2n) is 6.78. The second kappa shape index (κ2) is 7.16. The quantitative estimate of drug-likeness (QED) is 0.492. The van der Waals surface area contributed by atoms with Crippen molar-refractivity contribution >= 4 is 27.6 Å². The molecule has 0 radical (unpaired) electrons. The van der Waals surface area contributed by atoms with Gasteiger partial charge in [0.15, 0.2) is 5.69 Å². The van der Waals surface area contributed by atoms with Crippen molar-refractivity contribution in [1.82, 2.24) is 25.5 Å². The Hall–Kier alpha value is -4.06. The third-order valence-electron chi connectivity index (χ3n) is 4.93. The van der Waals surface area contributed by atoms with Crippen molar-refractivity contribution in [3.63, 3.8) is 0 Å². The van der Waals surface area contributed by atoms with Gasteiger partial charge in [-0.2, -0.15) is 5.10 Å². The van der Waals surface area contributed by atoms with Crippen molar-refractivity contribution in [1.29, 1.82) is 0 Å². The molecule has 0 aliphatic carbocycles. The van der Waals surface area contributed by atoms with Gasteiger partial charge in [0, 0.05) is 47.7 Å². The Balaban J connectivity index is 1.51. The lowest BCUT2D eigenvalue weighted by Crippen LogP contribution is -2.23. The van der Waals surface area contributed by atoms with Crippen LogP contribution in [0.3, 0.4) is 0 Å². The van der Waals surface area contributed by atoms with Gasteiger partial charge in [-0.3, -0.25) is 19.9 Å². The number of pyridine rings is 2. The monoisotopic (exact) mass is 379 g/mol. The van der Waals surface area contributed by atoms with E-state index in [4.69, 9.17) is 0 Å². The smallest absolute Gasteiger partial charge is 0.272 e. The van der Waals surface area contributed by atoms with E-state index in [1.54, 1.807) is 12.4 Å². The van der Waals surface area contributed by atoms with E-state index in [1.165, 1.54) is 0 Å². The SMILES string of the molecule is O=C(NCc1cccnc1)c1n[nH]c2ccc(-c3cncc4ccccc34)cc12. The Labute approximate surface area is 166 Å². The molecule has 5 rings (SSSR count). The molecule has 140 valence electrons. The van der Waals surface area contributed by atoms with E-state index in [-0.39, 0.29) is 5.91 Å². The molecule has 2 aromatic carbocycles. The summed E-state index contributed by atoms with van der Waals surface area (Å²) >= 11 is 0. The second-order valence-corrected chi connectivity index (χ2v) is 6.78. The molecule has 0 aliphatic heterocycles. The van der Waals surface area contributed by atoms with Crippen LogP contribution < -0.4 is 5.32 Å². The number of amides is 1. The predicted molar refractivity (Wildman–Crippen MR) is 112 cm³/mol. The molecular formula is C23H17N5O. The van der Waals surface area contributed by atoms with Gasteiger partial charge in [-0.05, 0) is 34.7 Å². The number of fused-ring (bicyclic) bond motifs is 2. The first-order valence-electron chi connectivity index (χ1n) is 9.28. The predicted octanol–water partition coefficient (Wildman–Crippen LogP) is 4.10. The van der Waals surface area contributed by atoms with Gasteiger partial charge in [-0.15, -0.1) is 0 Å². The van der Waals surface area contributed by atoms with Crippen molar-refractivity contribution in [3.8, 4) is 11.1 Å². The molecule has 2 N–H and O–H groups in total. The third-order valence-corrected chi connectivity index (χ3v) is 4.93. The maximum absolute atomic E-state index is 12.7. The summed E-state index contributed by atoms with van der Waals surface area (Å²) in [7, 11) is 0. The average Bonchev–Trinajstić information content (AvgIpc) is 3.21. The minimum absolute atomic E-state index is 0.228. The first-order chi connectivity index (χ1) is 14.3. The lowest BCUT2D eigenvalue weighted by atomic mass is 9.99. The van der Waals surface area contributed by atoms with Gasteiger partial charge in [0.2, 0.25) is 0 Å². The third kappa shape index (κ3) is 3.21. The Morgan fingerprint density at radius 3 is 2.76 bits per heavy atom. The number of benzene rings is 2. The van der Waals surface area contributed by atoms with Crippen molar-refractivity contribution in [3.05, 3.63) is 90.6 Å². The van der Waals surface area contributed by atoms with Crippen molar-refractivity contribution in [2.24, 2.45) is 0 Å². The molecule has 0 bridgehead atoms. The summed E-state index contributed by atoms with van der Waals surface area (Å²) in [6.45, 7) is 0.397. The Morgan fingerprint density at radius 2 is 1.86 bits per heavy atom. The van der Waals surface area contributed by atoms with Gasteiger partial charge in [0.25, 0.3) is 5.91 Å². The molecule has 6 heteroatoms. The van der Waals surface area contributed by atoms with E-state index < -0.39 is 0 Å². The van der Waals surface area contributed by atoms with Crippen LogP contribution in [0.2, 0.25) is 0 Å². The van der Waals surface area contributed by atoms with Gasteiger partial charge in [-0.1, -0.05) is 36.4 Å². The lowest BCUT2D eigenvalue weighted by Gasteiger charge is -2.07. The van der Waals surface area contributed by atoms with E-state index in [2.05, 4.69) is 31.5 Å². The molecule has 6 nitrogen and oxygen atoms in total. The maximum atomic E-state index is 12.7. The van der Waals surface area contributed by atoms with Crippen LogP contribution in [-0.2, 0) is 6.54 Å². The van der Waals surface area contributed by atoms with E-state index >= 15 is 0 Å². The molecule has 0 saturated heterocycles. The molecule has 5 aromatic rings. The Morgan fingerprint density at radius 1 is 0.931 bits per heavy atom. The molecule has 0 aliphatic rings. The van der Waals surface area contributed by atoms with Gasteiger partial charge < -0.3 is 5.32 Å². The van der Waals surface area contributed by atoms with E-state index in [1.807, 2.05) is 60.9 Å². The number of carbonyl (C=O) groups is 1. The Kier molecular flexibility index (Phi) is 4.22. The number of carbonyl (C=O) groups excluding carboxylic acids is 1. The van der Waals surface area contributed by atoms with Crippen LogP contribution in [0, 0.1) is 0 Å². The molecule has 29 heavy (non-hydrogen) atoms. The highest BCUT2D eigenvalue weighted by Crippen LogP contribution is 2.30. The molecular weight excluding hydrogens is 362 g/mol. The molecule has 1 amide bonds. The summed E-state index contributed by atoms with van der Waals surface area (Å²) in [6.07, 6.45) is 7.14. The van der Waals surface area contributed by atoms with E-state index in [0.29, 0.717) is 12.2 Å². The van der Waals surface area contributed by atoms with Crippen LogP contribution in [0.5, 0.6) is 0 Å². The van der Waals surface area contributed by atoms with Gasteiger partial charge >= 0.3 is 0 Å². The molecule has 0 unspecified atom stereocenters. The van der Waals surface area contributed by atoms with E-state index in [9.17, 15) is 4.79 Å². The van der Waals surface area contributed by atoms with Crippen molar-refractivity contribution in [2.45, 2.75) is 6.54 Å². The average molecular weight is 379 g/mol. The fourth-order valence-electron chi connectivity index (χ4n) is 3.47. The largest absolute Gasteiger partial charge is 0.346 e. The minimum Gasteiger partial charge on any atom is -0.346 e. The first-order valence-corrected chi connectivity index (χ1v) is 9.28. The highest BCUT2D eigenvalue weighted by Gasteiger charge is 2.15. The van der Waals surface area contributed by atoms with Crippen LogP contribution in [0.25, 0.3) is 32.8 Å². The fraction of sp³-hybridized carbons (Fsp3) is 0.0435. The molecule has 0 saturated carbocycles. The van der Waals surface area contributed by atoms with Crippen LogP contribution in [0.1, 0.15) is 16.1 Å². The number of rotatable bonds is 4. The minimum atomic E-state index is -0.228. The lowest BCUT2D eigenvalue weighted by molar-refractivity contribution is 0.0947. The number of aromatic nitrogens is 4. The zero-order valence-corrected chi connectivity index (χ0v) is 15.5. The first kappa shape index (κ1) is 17.1. The molecule has 0 fully saturated rings. The van der Waals surface area contributed by atoms with Gasteiger partial charge in [0.1, 0.15) is 0 Å². The van der Waals surface area contributed by atoms with Gasteiger partial charge in [0.05, 0.1) is 5.52 Å². The van der Waals surface area contributed by atoms with Crippen LogP contribution in [0.4, 0.5) is 0 Å². The van der Waals surface area contributed by atoms with Crippen LogP contribution >= 0.6 is 0 Å². The zero-order valence-electron chi connectivity index (χ0n) is 15.5. The zero-order chi connectivity index (χ0) is 19.6. The summed E-state index contributed by atoms with van der Waals surface area (Å²) in [4.78, 5) is 21.2. The van der Waals surface area contributed by atoms with Crippen LogP contribution in [0.15, 0.2) is 79.4 Å².